The Morgan fingerprint density at radius 2 is 2.25 bits per heavy atom. The van der Waals surface area contributed by atoms with Crippen LogP contribution in [0.2, 0.25) is 0 Å². The summed E-state index contributed by atoms with van der Waals surface area (Å²) in [6, 6.07) is 5.20. The van der Waals surface area contributed by atoms with Gasteiger partial charge in [0.25, 0.3) is 0 Å². The van der Waals surface area contributed by atoms with E-state index in [-0.39, 0.29) is 10.9 Å². The predicted octanol–water partition coefficient (Wildman–Crippen LogP) is 1.63. The van der Waals surface area contributed by atoms with Gasteiger partial charge in [-0.05, 0) is 53.5 Å². The van der Waals surface area contributed by atoms with E-state index < -0.39 is 10.0 Å². The predicted molar refractivity (Wildman–Crippen MR) is 81.1 cm³/mol. The summed E-state index contributed by atoms with van der Waals surface area (Å²) in [7, 11) is -1.71. The van der Waals surface area contributed by atoms with E-state index in [4.69, 9.17) is 4.74 Å². The first-order chi connectivity index (χ1) is 9.53. The fourth-order valence-corrected chi connectivity index (χ4v) is 4.45. The van der Waals surface area contributed by atoms with Crippen LogP contribution in [0, 0.1) is 0 Å². The zero-order valence-corrected chi connectivity index (χ0v) is 13.8. The highest BCUT2D eigenvalue weighted by molar-refractivity contribution is 9.10. The van der Waals surface area contributed by atoms with Gasteiger partial charge in [-0.2, -0.15) is 0 Å². The maximum atomic E-state index is 12.5. The van der Waals surface area contributed by atoms with E-state index in [1.165, 1.54) is 0 Å². The summed E-state index contributed by atoms with van der Waals surface area (Å²) in [6.07, 6.45) is 1.70. The Balaban J connectivity index is 2.21. The Hall–Kier alpha value is -0.470. The molecule has 1 unspecified atom stereocenters. The molecule has 1 heterocycles. The smallest absolute Gasteiger partial charge is 0.242 e. The molecule has 1 saturated heterocycles. The molecule has 0 aliphatic carbocycles. The Morgan fingerprint density at radius 1 is 1.45 bits per heavy atom. The highest BCUT2D eigenvalue weighted by atomic mass is 79.9. The lowest BCUT2D eigenvalue weighted by Crippen LogP contribution is -2.40. The van der Waals surface area contributed by atoms with E-state index in [1.807, 2.05) is 13.1 Å². The van der Waals surface area contributed by atoms with Gasteiger partial charge in [0.15, 0.2) is 0 Å². The number of rotatable bonds is 5. The van der Waals surface area contributed by atoms with E-state index in [2.05, 4.69) is 26.0 Å². The number of hydrogen-bond donors (Lipinski definition) is 2. The van der Waals surface area contributed by atoms with E-state index in [0.717, 1.165) is 18.4 Å². The average molecular weight is 363 g/mol. The van der Waals surface area contributed by atoms with E-state index >= 15 is 0 Å². The number of hydrogen-bond acceptors (Lipinski definition) is 4. The van der Waals surface area contributed by atoms with Gasteiger partial charge in [0.2, 0.25) is 10.0 Å². The van der Waals surface area contributed by atoms with Crippen LogP contribution in [-0.4, -0.2) is 34.7 Å². The molecule has 7 heteroatoms. The van der Waals surface area contributed by atoms with Crippen LogP contribution in [0.5, 0.6) is 0 Å². The third-order valence-corrected chi connectivity index (χ3v) is 5.66. The number of nitrogens with one attached hydrogen (secondary N) is 2. The molecule has 1 aromatic carbocycles. The molecule has 0 bridgehead atoms. The summed E-state index contributed by atoms with van der Waals surface area (Å²) >= 11 is 3.31. The third kappa shape index (κ3) is 4.02. The topological polar surface area (TPSA) is 67.4 Å². The van der Waals surface area contributed by atoms with Crippen molar-refractivity contribution in [3.8, 4) is 0 Å². The van der Waals surface area contributed by atoms with Crippen molar-refractivity contribution in [3.63, 3.8) is 0 Å². The van der Waals surface area contributed by atoms with Crippen molar-refractivity contribution in [2.75, 3.05) is 20.3 Å². The summed E-state index contributed by atoms with van der Waals surface area (Å²) in [5.74, 6) is 0. The highest BCUT2D eigenvalue weighted by Gasteiger charge is 2.24. The maximum Gasteiger partial charge on any atom is 0.242 e. The van der Waals surface area contributed by atoms with Crippen LogP contribution in [0.15, 0.2) is 27.6 Å². The Morgan fingerprint density at radius 3 is 2.90 bits per heavy atom. The van der Waals surface area contributed by atoms with Crippen LogP contribution in [0.4, 0.5) is 0 Å². The van der Waals surface area contributed by atoms with Crippen LogP contribution >= 0.6 is 15.9 Å². The minimum atomic E-state index is -3.54. The summed E-state index contributed by atoms with van der Waals surface area (Å²) in [5.41, 5.74) is 0.927. The van der Waals surface area contributed by atoms with E-state index in [9.17, 15) is 8.42 Å². The fourth-order valence-electron chi connectivity index (χ4n) is 2.18. The normalized spacial score (nSPS) is 20.0. The van der Waals surface area contributed by atoms with Gasteiger partial charge in [0.1, 0.15) is 0 Å². The van der Waals surface area contributed by atoms with E-state index in [1.54, 1.807) is 12.1 Å². The summed E-state index contributed by atoms with van der Waals surface area (Å²) < 4.78 is 33.5. The molecule has 0 radical (unpaired) electrons. The molecular formula is C13H19BrN2O3S. The van der Waals surface area contributed by atoms with Crippen molar-refractivity contribution in [3.05, 3.63) is 28.2 Å². The lowest BCUT2D eigenvalue weighted by atomic mass is 10.1. The minimum absolute atomic E-state index is 0.145. The van der Waals surface area contributed by atoms with Crippen LogP contribution in [0.25, 0.3) is 0 Å². The van der Waals surface area contributed by atoms with Gasteiger partial charge in [-0.1, -0.05) is 6.07 Å². The van der Waals surface area contributed by atoms with Crippen molar-refractivity contribution in [1.82, 2.24) is 10.0 Å². The number of benzene rings is 1. The van der Waals surface area contributed by atoms with Crippen LogP contribution in [0.3, 0.4) is 0 Å². The second-order valence-corrected chi connectivity index (χ2v) is 7.37. The van der Waals surface area contributed by atoms with Crippen LogP contribution in [0.1, 0.15) is 18.4 Å². The second kappa shape index (κ2) is 7.00. The molecule has 2 rings (SSSR count). The van der Waals surface area contributed by atoms with Crippen molar-refractivity contribution >= 4 is 26.0 Å². The largest absolute Gasteiger partial charge is 0.380 e. The molecule has 0 aromatic heterocycles. The monoisotopic (exact) mass is 362 g/mol. The molecule has 0 spiro atoms. The molecule has 2 N–H and O–H groups in total. The molecular weight excluding hydrogens is 344 g/mol. The first-order valence-electron chi connectivity index (χ1n) is 6.56. The van der Waals surface area contributed by atoms with Crippen LogP contribution in [-0.2, 0) is 21.3 Å². The molecule has 112 valence electrons. The molecule has 0 amide bonds. The van der Waals surface area contributed by atoms with Crippen molar-refractivity contribution < 1.29 is 13.2 Å². The summed E-state index contributed by atoms with van der Waals surface area (Å²) in [4.78, 5) is 0.274. The number of ether oxygens (including phenoxy) is 1. The molecule has 1 fully saturated rings. The second-order valence-electron chi connectivity index (χ2n) is 4.83. The Bertz CT molecular complexity index is 557. The molecule has 1 aliphatic heterocycles. The van der Waals surface area contributed by atoms with Gasteiger partial charge in [-0.3, -0.25) is 0 Å². The molecule has 1 aliphatic rings. The Labute approximate surface area is 128 Å². The fraction of sp³-hybridized carbons (Fsp3) is 0.538. The highest BCUT2D eigenvalue weighted by Crippen LogP contribution is 2.24. The lowest BCUT2D eigenvalue weighted by Gasteiger charge is -2.23. The molecule has 1 atom stereocenters. The summed E-state index contributed by atoms with van der Waals surface area (Å²) in [6.45, 7) is 1.77. The van der Waals surface area contributed by atoms with Gasteiger partial charge in [-0.15, -0.1) is 0 Å². The van der Waals surface area contributed by atoms with Crippen molar-refractivity contribution in [2.24, 2.45) is 0 Å². The quantitative estimate of drug-likeness (QED) is 0.835. The maximum absolute atomic E-state index is 12.5. The SMILES string of the molecule is CNCc1ccc(Br)c(S(=O)(=O)NC2CCCOC2)c1. The first-order valence-corrected chi connectivity index (χ1v) is 8.83. The molecule has 1 aromatic rings. The zero-order chi connectivity index (χ0) is 14.6. The Kier molecular flexibility index (Phi) is 5.57. The molecule has 0 saturated carbocycles. The first kappa shape index (κ1) is 15.9. The average Bonchev–Trinajstić information content (AvgIpc) is 2.42. The number of halogens is 1. The van der Waals surface area contributed by atoms with Crippen molar-refractivity contribution in [1.29, 1.82) is 0 Å². The third-order valence-electron chi connectivity index (χ3n) is 3.15. The minimum Gasteiger partial charge on any atom is -0.380 e. The van der Waals surface area contributed by atoms with E-state index in [0.29, 0.717) is 24.2 Å². The van der Waals surface area contributed by atoms with Gasteiger partial charge in [0, 0.05) is 23.7 Å². The lowest BCUT2D eigenvalue weighted by molar-refractivity contribution is 0.0774. The molecule has 5 nitrogen and oxygen atoms in total. The van der Waals surface area contributed by atoms with Gasteiger partial charge in [-0.25, -0.2) is 13.1 Å². The molecule has 20 heavy (non-hydrogen) atoms. The standard InChI is InChI=1S/C13H19BrN2O3S/c1-15-8-10-4-5-12(14)13(7-10)20(17,18)16-11-3-2-6-19-9-11/h4-5,7,11,15-16H,2-3,6,8-9H2,1H3. The van der Waals surface area contributed by atoms with Gasteiger partial charge in [0.05, 0.1) is 11.5 Å². The summed E-state index contributed by atoms with van der Waals surface area (Å²) in [5, 5.41) is 3.01. The van der Waals surface area contributed by atoms with Crippen LogP contribution < -0.4 is 10.0 Å². The van der Waals surface area contributed by atoms with Gasteiger partial charge < -0.3 is 10.1 Å². The zero-order valence-electron chi connectivity index (χ0n) is 11.4. The van der Waals surface area contributed by atoms with Crippen molar-refractivity contribution in [2.45, 2.75) is 30.3 Å². The number of sulfonamides is 1. The van der Waals surface area contributed by atoms with Gasteiger partial charge >= 0.3 is 0 Å².